The lowest BCUT2D eigenvalue weighted by atomic mass is 9.79. The zero-order valence-electron chi connectivity index (χ0n) is 7.77. The second-order valence-corrected chi connectivity index (χ2v) is 4.54. The molecule has 0 N–H and O–H groups in total. The summed E-state index contributed by atoms with van der Waals surface area (Å²) in [5, 5.41) is 0. The summed E-state index contributed by atoms with van der Waals surface area (Å²) in [6.07, 6.45) is 1.16. The normalized spacial score (nSPS) is 48.9. The molecule has 2 fully saturated rings. The van der Waals surface area contributed by atoms with Gasteiger partial charge in [-0.25, -0.2) is 13.2 Å². The fraction of sp³-hybridized carbons (Fsp3) is 1.00. The third-order valence-corrected chi connectivity index (χ3v) is 3.71. The van der Waals surface area contributed by atoms with Crippen molar-refractivity contribution >= 4 is 0 Å². The van der Waals surface area contributed by atoms with E-state index in [0.717, 1.165) is 12.8 Å². The number of rotatable bonds is 0. The molecule has 0 amide bonds. The topological polar surface area (TPSA) is 0 Å². The molecule has 0 spiro atoms. The van der Waals surface area contributed by atoms with Crippen LogP contribution in [-0.2, 0) is 0 Å². The van der Waals surface area contributed by atoms with Gasteiger partial charge >= 0.3 is 0 Å². The van der Waals surface area contributed by atoms with Crippen molar-refractivity contribution in [3.63, 3.8) is 0 Å². The van der Waals surface area contributed by atoms with E-state index in [2.05, 4.69) is 0 Å². The van der Waals surface area contributed by atoms with Gasteiger partial charge in [0.1, 0.15) is 6.17 Å². The Morgan fingerprint density at radius 1 is 1.23 bits per heavy atom. The molecule has 0 saturated heterocycles. The highest BCUT2D eigenvalue weighted by molar-refractivity contribution is 5.00. The second kappa shape index (κ2) is 2.89. The smallest absolute Gasteiger partial charge is 0.247 e. The lowest BCUT2D eigenvalue weighted by Gasteiger charge is -2.32. The van der Waals surface area contributed by atoms with E-state index >= 15 is 0 Å². The molecular formula is C10H15F3. The van der Waals surface area contributed by atoms with Gasteiger partial charge in [-0.15, -0.1) is 0 Å². The molecule has 0 bridgehead atoms. The van der Waals surface area contributed by atoms with Gasteiger partial charge < -0.3 is 0 Å². The summed E-state index contributed by atoms with van der Waals surface area (Å²) < 4.78 is 40.3. The van der Waals surface area contributed by atoms with Crippen molar-refractivity contribution in [3.05, 3.63) is 0 Å². The van der Waals surface area contributed by atoms with Gasteiger partial charge in [0, 0.05) is 5.92 Å². The Hall–Kier alpha value is -0.210. The minimum Gasteiger partial charge on any atom is -0.247 e. The Balaban J connectivity index is 2.23. The van der Waals surface area contributed by atoms with E-state index in [9.17, 15) is 13.2 Å². The highest BCUT2D eigenvalue weighted by Gasteiger charge is 2.58. The summed E-state index contributed by atoms with van der Waals surface area (Å²) >= 11 is 0. The van der Waals surface area contributed by atoms with Crippen LogP contribution < -0.4 is 0 Å². The minimum atomic E-state index is -2.76. The summed E-state index contributed by atoms with van der Waals surface area (Å²) in [5.74, 6) is -4.42. The molecule has 13 heavy (non-hydrogen) atoms. The maximum atomic E-state index is 13.5. The largest absolute Gasteiger partial charge is 0.256 e. The van der Waals surface area contributed by atoms with Gasteiger partial charge in [-0.1, -0.05) is 13.3 Å². The first-order valence-electron chi connectivity index (χ1n) is 5.05. The van der Waals surface area contributed by atoms with Gasteiger partial charge in [-0.05, 0) is 25.2 Å². The Morgan fingerprint density at radius 3 is 2.54 bits per heavy atom. The lowest BCUT2D eigenvalue weighted by Crippen LogP contribution is -2.38. The molecule has 0 nitrogen and oxygen atoms in total. The number of hydrogen-bond acceptors (Lipinski definition) is 0. The Labute approximate surface area is 76.5 Å². The van der Waals surface area contributed by atoms with E-state index in [1.54, 1.807) is 6.92 Å². The minimum absolute atomic E-state index is 0.0613. The molecule has 2 aliphatic carbocycles. The summed E-state index contributed by atoms with van der Waals surface area (Å²) in [6.45, 7) is 1.55. The molecule has 3 heteroatoms. The number of fused-ring (bicyclic) bond motifs is 1. The van der Waals surface area contributed by atoms with Crippen LogP contribution in [0, 0.1) is 17.8 Å². The first-order chi connectivity index (χ1) is 6.03. The molecule has 0 aromatic rings. The van der Waals surface area contributed by atoms with Crippen molar-refractivity contribution in [3.8, 4) is 0 Å². The highest BCUT2D eigenvalue weighted by Crippen LogP contribution is 2.54. The van der Waals surface area contributed by atoms with Crippen molar-refractivity contribution in [2.45, 2.75) is 44.7 Å². The molecule has 0 aliphatic heterocycles. The first kappa shape index (κ1) is 9.35. The van der Waals surface area contributed by atoms with Crippen LogP contribution in [0.3, 0.4) is 0 Å². The summed E-state index contributed by atoms with van der Waals surface area (Å²) in [4.78, 5) is 0. The van der Waals surface area contributed by atoms with Gasteiger partial charge in [0.25, 0.3) is 5.92 Å². The fourth-order valence-corrected chi connectivity index (χ4v) is 2.99. The number of alkyl halides is 3. The third kappa shape index (κ3) is 1.27. The van der Waals surface area contributed by atoms with Crippen molar-refractivity contribution < 1.29 is 13.2 Å². The molecule has 0 heterocycles. The maximum absolute atomic E-state index is 13.5. The third-order valence-electron chi connectivity index (χ3n) is 3.71. The predicted molar refractivity (Wildman–Crippen MR) is 44.5 cm³/mol. The van der Waals surface area contributed by atoms with Crippen LogP contribution in [0.4, 0.5) is 13.2 Å². The van der Waals surface area contributed by atoms with E-state index in [1.807, 2.05) is 0 Å². The van der Waals surface area contributed by atoms with Gasteiger partial charge in [0.2, 0.25) is 0 Å². The van der Waals surface area contributed by atoms with E-state index in [1.165, 1.54) is 0 Å². The van der Waals surface area contributed by atoms with Crippen molar-refractivity contribution in [2.24, 2.45) is 17.8 Å². The maximum Gasteiger partial charge on any atom is 0.256 e. The van der Waals surface area contributed by atoms with Crippen LogP contribution in [0.2, 0.25) is 0 Å². The quantitative estimate of drug-likeness (QED) is 0.551. The predicted octanol–water partition coefficient (Wildman–Crippen LogP) is 3.42. The monoisotopic (exact) mass is 192 g/mol. The van der Waals surface area contributed by atoms with Gasteiger partial charge in [0.05, 0.1) is 5.92 Å². The Kier molecular flexibility index (Phi) is 2.08. The first-order valence-corrected chi connectivity index (χ1v) is 5.05. The summed E-state index contributed by atoms with van der Waals surface area (Å²) in [6, 6.07) is 0. The van der Waals surface area contributed by atoms with E-state index in [0.29, 0.717) is 12.8 Å². The van der Waals surface area contributed by atoms with Crippen LogP contribution in [0.1, 0.15) is 32.6 Å². The molecule has 76 valence electrons. The van der Waals surface area contributed by atoms with Gasteiger partial charge in [-0.3, -0.25) is 0 Å². The lowest BCUT2D eigenvalue weighted by molar-refractivity contribution is -0.108. The van der Waals surface area contributed by atoms with E-state index < -0.39 is 23.9 Å². The van der Waals surface area contributed by atoms with Crippen LogP contribution in [0.5, 0.6) is 0 Å². The van der Waals surface area contributed by atoms with E-state index in [4.69, 9.17) is 0 Å². The molecule has 4 unspecified atom stereocenters. The Morgan fingerprint density at radius 2 is 1.92 bits per heavy atom. The standard InChI is InChI=1S/C10H15F3/c1-6-5-7-3-2-4-8(11)9(7)10(6,12)13/h6-9H,2-5H2,1H3. The van der Waals surface area contributed by atoms with Crippen molar-refractivity contribution in [2.75, 3.05) is 0 Å². The number of halogens is 3. The molecule has 2 aliphatic rings. The molecule has 4 atom stereocenters. The second-order valence-electron chi connectivity index (χ2n) is 4.54. The van der Waals surface area contributed by atoms with Crippen LogP contribution in [0.25, 0.3) is 0 Å². The summed E-state index contributed by atoms with van der Waals surface area (Å²) in [7, 11) is 0. The average molecular weight is 192 g/mol. The fourth-order valence-electron chi connectivity index (χ4n) is 2.99. The number of hydrogen-bond donors (Lipinski definition) is 0. The van der Waals surface area contributed by atoms with Crippen LogP contribution in [0.15, 0.2) is 0 Å². The SMILES string of the molecule is CC1CC2CCCC(F)C2C1(F)F. The van der Waals surface area contributed by atoms with Crippen molar-refractivity contribution in [1.29, 1.82) is 0 Å². The zero-order chi connectivity index (χ0) is 9.64. The molecule has 0 aromatic carbocycles. The van der Waals surface area contributed by atoms with E-state index in [-0.39, 0.29) is 5.92 Å². The molecular weight excluding hydrogens is 177 g/mol. The molecule has 2 saturated carbocycles. The molecule has 2 rings (SSSR count). The average Bonchev–Trinajstić information content (AvgIpc) is 2.24. The summed E-state index contributed by atoms with van der Waals surface area (Å²) in [5.41, 5.74) is 0. The zero-order valence-corrected chi connectivity index (χ0v) is 7.77. The molecule has 0 aromatic heterocycles. The van der Waals surface area contributed by atoms with Crippen molar-refractivity contribution in [1.82, 2.24) is 0 Å². The van der Waals surface area contributed by atoms with Crippen LogP contribution >= 0.6 is 0 Å². The Bertz CT molecular complexity index is 202. The highest BCUT2D eigenvalue weighted by atomic mass is 19.3. The van der Waals surface area contributed by atoms with Gasteiger partial charge in [0.15, 0.2) is 0 Å². The van der Waals surface area contributed by atoms with Gasteiger partial charge in [-0.2, -0.15) is 0 Å². The molecule has 0 radical (unpaired) electrons. The van der Waals surface area contributed by atoms with Crippen LogP contribution in [-0.4, -0.2) is 12.1 Å².